The van der Waals surface area contributed by atoms with E-state index in [0.29, 0.717) is 59.6 Å². The molecule has 0 amide bonds. The fourth-order valence-corrected chi connectivity index (χ4v) is 9.40. The van der Waals surface area contributed by atoms with E-state index in [4.69, 9.17) is 10.5 Å². The molecule has 0 aromatic rings. The van der Waals surface area contributed by atoms with E-state index in [1.807, 2.05) is 0 Å². The van der Waals surface area contributed by atoms with Crippen LogP contribution in [0.3, 0.4) is 0 Å². The second-order valence-electron chi connectivity index (χ2n) is 12.4. The molecule has 5 nitrogen and oxygen atoms in total. The molecule has 0 heterocycles. The van der Waals surface area contributed by atoms with E-state index in [2.05, 4.69) is 26.1 Å². The van der Waals surface area contributed by atoms with Crippen LogP contribution in [0.1, 0.15) is 85.0 Å². The summed E-state index contributed by atoms with van der Waals surface area (Å²) in [7, 11) is 1.50. The van der Waals surface area contributed by atoms with Gasteiger partial charge in [0.25, 0.3) is 0 Å². The first-order valence-electron chi connectivity index (χ1n) is 13.4. The standard InChI is InChI=1S/C27H48N2O3/c1-17(5-8-24(31)32-4)20-6-7-21-25-22(10-12-27(20,21)3)26(2)11-9-19(29-13-14-30)15-18(26)16-23(25)28/h17-23,25,29-30H,5-16,28H2,1-4H3/t17?,18?,19?,20?,21?,22?,23-,25?,26?,27?/m1/s1. The van der Waals surface area contributed by atoms with Crippen LogP contribution in [-0.4, -0.2) is 43.4 Å². The summed E-state index contributed by atoms with van der Waals surface area (Å²) in [6.07, 6.45) is 11.7. The topological polar surface area (TPSA) is 84.6 Å². The van der Waals surface area contributed by atoms with Crippen LogP contribution in [0.25, 0.3) is 0 Å². The van der Waals surface area contributed by atoms with Crippen molar-refractivity contribution in [2.24, 2.45) is 52.1 Å². The van der Waals surface area contributed by atoms with Crippen molar-refractivity contribution in [1.82, 2.24) is 5.32 Å². The van der Waals surface area contributed by atoms with E-state index >= 15 is 0 Å². The smallest absolute Gasteiger partial charge is 0.305 e. The molecule has 10 atom stereocenters. The van der Waals surface area contributed by atoms with E-state index in [0.717, 1.165) is 18.3 Å². The van der Waals surface area contributed by atoms with Crippen LogP contribution in [0, 0.1) is 46.3 Å². The summed E-state index contributed by atoms with van der Waals surface area (Å²) < 4.78 is 4.90. The number of carbonyl (C=O) groups is 1. The van der Waals surface area contributed by atoms with Crippen molar-refractivity contribution in [3.05, 3.63) is 0 Å². The number of esters is 1. The fourth-order valence-electron chi connectivity index (χ4n) is 9.40. The van der Waals surface area contributed by atoms with Gasteiger partial charge in [-0.05, 0) is 104 Å². The molecular formula is C27H48N2O3. The van der Waals surface area contributed by atoms with Gasteiger partial charge in [-0.2, -0.15) is 0 Å². The molecule has 5 heteroatoms. The van der Waals surface area contributed by atoms with Gasteiger partial charge in [0.1, 0.15) is 0 Å². The summed E-state index contributed by atoms with van der Waals surface area (Å²) in [6.45, 7) is 8.46. The number of methoxy groups -OCH3 is 1. The number of nitrogens with two attached hydrogens (primary N) is 1. The van der Waals surface area contributed by atoms with Gasteiger partial charge in [0, 0.05) is 25.0 Å². The van der Waals surface area contributed by atoms with Crippen molar-refractivity contribution in [2.45, 2.75) is 97.1 Å². The average Bonchev–Trinajstić information content (AvgIpc) is 3.13. The van der Waals surface area contributed by atoms with Crippen LogP contribution in [0.2, 0.25) is 0 Å². The zero-order chi connectivity index (χ0) is 23.1. The first kappa shape index (κ1) is 24.5. The maximum atomic E-state index is 11.7. The Morgan fingerprint density at radius 1 is 1.12 bits per heavy atom. The second kappa shape index (κ2) is 9.54. The lowest BCUT2D eigenvalue weighted by molar-refractivity contribution is -0.141. The molecule has 32 heavy (non-hydrogen) atoms. The Balaban J connectivity index is 1.48. The number of aliphatic hydroxyl groups excluding tert-OH is 1. The van der Waals surface area contributed by atoms with Crippen LogP contribution in [0.5, 0.6) is 0 Å². The average molecular weight is 449 g/mol. The highest BCUT2D eigenvalue weighted by molar-refractivity contribution is 5.69. The molecule has 0 aromatic heterocycles. The third-order valence-electron chi connectivity index (χ3n) is 11.1. The molecule has 9 unspecified atom stereocenters. The van der Waals surface area contributed by atoms with Crippen LogP contribution in [0.4, 0.5) is 0 Å². The van der Waals surface area contributed by atoms with Crippen LogP contribution in [0.15, 0.2) is 0 Å². The number of rotatable bonds is 7. The number of carbonyl (C=O) groups excluding carboxylic acids is 1. The number of ether oxygens (including phenoxy) is 1. The summed E-state index contributed by atoms with van der Waals surface area (Å²) in [4.78, 5) is 11.7. The Kier molecular flexibility index (Phi) is 7.30. The fraction of sp³-hybridized carbons (Fsp3) is 0.963. The Morgan fingerprint density at radius 2 is 1.84 bits per heavy atom. The molecule has 0 radical (unpaired) electrons. The van der Waals surface area contributed by atoms with Crippen LogP contribution in [-0.2, 0) is 9.53 Å². The Bertz CT molecular complexity index is 671. The summed E-state index contributed by atoms with van der Waals surface area (Å²) in [6, 6.07) is 0.868. The van der Waals surface area contributed by atoms with Gasteiger partial charge in [-0.25, -0.2) is 0 Å². The molecule has 4 N–H and O–H groups in total. The first-order valence-corrected chi connectivity index (χ1v) is 13.4. The molecule has 184 valence electrons. The largest absolute Gasteiger partial charge is 0.469 e. The first-order chi connectivity index (χ1) is 15.2. The van der Waals surface area contributed by atoms with E-state index in [1.165, 1.54) is 58.5 Å². The molecule has 0 spiro atoms. The molecule has 4 aliphatic carbocycles. The van der Waals surface area contributed by atoms with Gasteiger partial charge in [0.2, 0.25) is 0 Å². The van der Waals surface area contributed by atoms with Crippen LogP contribution >= 0.6 is 0 Å². The van der Waals surface area contributed by atoms with Gasteiger partial charge < -0.3 is 20.9 Å². The lowest BCUT2D eigenvalue weighted by Crippen LogP contribution is -2.61. The molecular weight excluding hydrogens is 400 g/mol. The van der Waals surface area contributed by atoms with Gasteiger partial charge in [0.05, 0.1) is 13.7 Å². The van der Waals surface area contributed by atoms with E-state index < -0.39 is 0 Å². The Morgan fingerprint density at radius 3 is 2.56 bits per heavy atom. The molecule has 4 rings (SSSR count). The van der Waals surface area contributed by atoms with E-state index in [-0.39, 0.29) is 12.6 Å². The highest BCUT2D eigenvalue weighted by atomic mass is 16.5. The lowest BCUT2D eigenvalue weighted by atomic mass is 9.43. The molecule has 4 fully saturated rings. The minimum absolute atomic E-state index is 0.0717. The van der Waals surface area contributed by atoms with Gasteiger partial charge in [0.15, 0.2) is 0 Å². The van der Waals surface area contributed by atoms with Gasteiger partial charge in [-0.15, -0.1) is 0 Å². The number of aliphatic hydroxyl groups is 1. The quantitative estimate of drug-likeness (QED) is 0.510. The molecule has 4 saturated carbocycles. The second-order valence-corrected chi connectivity index (χ2v) is 12.4. The third-order valence-corrected chi connectivity index (χ3v) is 11.1. The summed E-state index contributed by atoms with van der Waals surface area (Å²) >= 11 is 0. The van der Waals surface area contributed by atoms with Gasteiger partial charge in [-0.3, -0.25) is 4.79 Å². The predicted octanol–water partition coefficient (Wildman–Crippen LogP) is 4.12. The van der Waals surface area contributed by atoms with Crippen LogP contribution < -0.4 is 11.1 Å². The Hall–Kier alpha value is -0.650. The van der Waals surface area contributed by atoms with Gasteiger partial charge in [-0.1, -0.05) is 20.8 Å². The number of hydrogen-bond donors (Lipinski definition) is 3. The lowest BCUT2D eigenvalue weighted by Gasteiger charge is -2.63. The highest BCUT2D eigenvalue weighted by Crippen LogP contribution is 2.68. The predicted molar refractivity (Wildman–Crippen MR) is 128 cm³/mol. The zero-order valence-corrected chi connectivity index (χ0v) is 20.9. The van der Waals surface area contributed by atoms with Crippen molar-refractivity contribution < 1.29 is 14.6 Å². The molecule has 0 aromatic carbocycles. The SMILES string of the molecule is COC(=O)CCC(C)C1CCC2C3C(CCC12C)C1(C)CCC(NCCO)CC1C[C@H]3N. The number of hydrogen-bond acceptors (Lipinski definition) is 5. The monoisotopic (exact) mass is 448 g/mol. The normalized spacial score (nSPS) is 46.6. The minimum Gasteiger partial charge on any atom is -0.469 e. The summed E-state index contributed by atoms with van der Waals surface area (Å²) in [5.74, 6) is 4.07. The summed E-state index contributed by atoms with van der Waals surface area (Å²) in [5, 5.41) is 12.8. The zero-order valence-electron chi connectivity index (χ0n) is 20.9. The third kappa shape index (κ3) is 4.15. The molecule has 0 aliphatic heterocycles. The van der Waals surface area contributed by atoms with Crippen molar-refractivity contribution in [3.8, 4) is 0 Å². The van der Waals surface area contributed by atoms with E-state index in [9.17, 15) is 9.90 Å². The number of nitrogens with one attached hydrogen (secondary N) is 1. The highest BCUT2D eigenvalue weighted by Gasteiger charge is 2.62. The summed E-state index contributed by atoms with van der Waals surface area (Å²) in [5.41, 5.74) is 7.83. The van der Waals surface area contributed by atoms with Crippen molar-refractivity contribution in [3.63, 3.8) is 0 Å². The van der Waals surface area contributed by atoms with E-state index in [1.54, 1.807) is 0 Å². The molecule has 4 aliphatic rings. The molecule has 0 saturated heterocycles. The van der Waals surface area contributed by atoms with Crippen molar-refractivity contribution in [1.29, 1.82) is 0 Å². The Labute approximate surface area is 195 Å². The number of fused-ring (bicyclic) bond motifs is 5. The molecule has 0 bridgehead atoms. The van der Waals surface area contributed by atoms with Crippen molar-refractivity contribution in [2.75, 3.05) is 20.3 Å². The maximum Gasteiger partial charge on any atom is 0.305 e. The van der Waals surface area contributed by atoms with Crippen molar-refractivity contribution >= 4 is 5.97 Å². The maximum absolute atomic E-state index is 11.7. The minimum atomic E-state index is -0.0717. The van der Waals surface area contributed by atoms with Gasteiger partial charge >= 0.3 is 5.97 Å².